The monoisotopic (exact) mass is 234 g/mol. The van der Waals surface area contributed by atoms with Crippen molar-refractivity contribution in [1.29, 1.82) is 10.5 Å². The lowest BCUT2D eigenvalue weighted by atomic mass is 10.1. The van der Waals surface area contributed by atoms with Crippen LogP contribution in [0.5, 0.6) is 5.75 Å². The van der Waals surface area contributed by atoms with E-state index in [4.69, 9.17) is 15.3 Å². The lowest BCUT2D eigenvalue weighted by Crippen LogP contribution is -1.98. The van der Waals surface area contributed by atoms with Gasteiger partial charge in [0.1, 0.15) is 23.5 Å². The van der Waals surface area contributed by atoms with Crippen LogP contribution in [0.25, 0.3) is 6.08 Å². The first kappa shape index (κ1) is 12.7. The number of nitriles is 2. The molecule has 0 saturated heterocycles. The van der Waals surface area contributed by atoms with E-state index in [0.717, 1.165) is 12.1 Å². The summed E-state index contributed by atoms with van der Waals surface area (Å²) in [7, 11) is 0. The van der Waals surface area contributed by atoms with Crippen LogP contribution in [-0.2, 0) is 0 Å². The molecule has 0 aromatic heterocycles. The van der Waals surface area contributed by atoms with Crippen LogP contribution in [-0.4, -0.2) is 6.61 Å². The third-order valence-corrected chi connectivity index (χ3v) is 1.92. The minimum atomic E-state index is -1.14. The molecule has 0 saturated carbocycles. The Hall–Kier alpha value is -2.40. The Morgan fingerprint density at radius 3 is 2.53 bits per heavy atom. The van der Waals surface area contributed by atoms with Crippen molar-refractivity contribution in [2.45, 2.75) is 6.92 Å². The second kappa shape index (κ2) is 5.62. The Morgan fingerprint density at radius 1 is 1.35 bits per heavy atom. The average molecular weight is 234 g/mol. The first-order valence-corrected chi connectivity index (χ1v) is 4.76. The van der Waals surface area contributed by atoms with E-state index in [0.29, 0.717) is 0 Å². The lowest BCUT2D eigenvalue weighted by molar-refractivity contribution is 0.335. The summed E-state index contributed by atoms with van der Waals surface area (Å²) in [6.07, 6.45) is 0.962. The summed E-state index contributed by atoms with van der Waals surface area (Å²) in [6.45, 7) is 1.95. The number of hydrogen-bond donors (Lipinski definition) is 0. The van der Waals surface area contributed by atoms with E-state index < -0.39 is 11.6 Å². The minimum Gasteiger partial charge on any atom is -0.493 e. The van der Waals surface area contributed by atoms with Gasteiger partial charge >= 0.3 is 0 Å². The molecule has 3 nitrogen and oxygen atoms in total. The molecule has 0 N–H and O–H groups in total. The van der Waals surface area contributed by atoms with Crippen molar-refractivity contribution in [3.63, 3.8) is 0 Å². The largest absolute Gasteiger partial charge is 0.493 e. The summed E-state index contributed by atoms with van der Waals surface area (Å²) in [5, 5.41) is 17.1. The van der Waals surface area contributed by atoms with E-state index in [1.807, 2.05) is 0 Å². The summed E-state index contributed by atoms with van der Waals surface area (Å²) in [5.41, 5.74) is -0.555. The van der Waals surface area contributed by atoms with Gasteiger partial charge in [0, 0.05) is 0 Å². The highest BCUT2D eigenvalue weighted by Gasteiger charge is 2.13. The molecule has 1 aromatic carbocycles. The maximum absolute atomic E-state index is 13.5. The Morgan fingerprint density at radius 2 is 2.00 bits per heavy atom. The molecule has 0 spiro atoms. The van der Waals surface area contributed by atoms with Gasteiger partial charge in [0.15, 0.2) is 11.6 Å². The van der Waals surface area contributed by atoms with Gasteiger partial charge in [-0.3, -0.25) is 0 Å². The van der Waals surface area contributed by atoms with Gasteiger partial charge in [-0.2, -0.15) is 10.5 Å². The van der Waals surface area contributed by atoms with Crippen LogP contribution in [0, 0.1) is 34.3 Å². The second-order valence-electron chi connectivity index (χ2n) is 2.99. The molecule has 0 heterocycles. The molecule has 0 radical (unpaired) electrons. The van der Waals surface area contributed by atoms with Crippen molar-refractivity contribution in [3.05, 3.63) is 34.9 Å². The van der Waals surface area contributed by atoms with Crippen molar-refractivity contribution < 1.29 is 13.5 Å². The van der Waals surface area contributed by atoms with Gasteiger partial charge in [-0.15, -0.1) is 0 Å². The van der Waals surface area contributed by atoms with Crippen LogP contribution in [0.2, 0.25) is 0 Å². The minimum absolute atomic E-state index is 0.0920. The van der Waals surface area contributed by atoms with Gasteiger partial charge in [-0.05, 0) is 25.1 Å². The van der Waals surface area contributed by atoms with E-state index in [-0.39, 0.29) is 23.5 Å². The highest BCUT2D eigenvalue weighted by Crippen LogP contribution is 2.26. The standard InChI is InChI=1S/C12H8F2N2O/c1-2-17-11-4-3-10(13)12(14)9(11)5-8(6-15)7-16/h3-5H,2H2,1H3. The summed E-state index contributed by atoms with van der Waals surface area (Å²) < 4.78 is 31.6. The van der Waals surface area contributed by atoms with Gasteiger partial charge in [-0.25, -0.2) is 8.78 Å². The zero-order chi connectivity index (χ0) is 12.8. The van der Waals surface area contributed by atoms with Crippen molar-refractivity contribution in [2.24, 2.45) is 0 Å². The number of benzene rings is 1. The van der Waals surface area contributed by atoms with Crippen LogP contribution in [0.3, 0.4) is 0 Å². The van der Waals surface area contributed by atoms with E-state index in [9.17, 15) is 8.78 Å². The fourth-order valence-corrected chi connectivity index (χ4v) is 1.20. The molecule has 0 amide bonds. The molecule has 0 bridgehead atoms. The number of hydrogen-bond acceptors (Lipinski definition) is 3. The second-order valence-corrected chi connectivity index (χ2v) is 2.99. The quantitative estimate of drug-likeness (QED) is 0.755. The van der Waals surface area contributed by atoms with Crippen molar-refractivity contribution in [2.75, 3.05) is 6.61 Å². The normalized spacial score (nSPS) is 9.00. The highest BCUT2D eigenvalue weighted by molar-refractivity contribution is 5.66. The topological polar surface area (TPSA) is 56.8 Å². The van der Waals surface area contributed by atoms with E-state index >= 15 is 0 Å². The zero-order valence-electron chi connectivity index (χ0n) is 9.00. The first-order valence-electron chi connectivity index (χ1n) is 4.76. The van der Waals surface area contributed by atoms with Crippen molar-refractivity contribution in [1.82, 2.24) is 0 Å². The number of rotatable bonds is 3. The lowest BCUT2D eigenvalue weighted by Gasteiger charge is -2.08. The van der Waals surface area contributed by atoms with Crippen LogP contribution < -0.4 is 4.74 Å². The molecule has 1 rings (SSSR count). The smallest absolute Gasteiger partial charge is 0.169 e. The predicted octanol–water partition coefficient (Wildman–Crippen LogP) is 2.79. The average Bonchev–Trinajstić information content (AvgIpc) is 2.34. The van der Waals surface area contributed by atoms with Crippen LogP contribution in [0.15, 0.2) is 17.7 Å². The van der Waals surface area contributed by atoms with Gasteiger partial charge in [0.2, 0.25) is 0 Å². The van der Waals surface area contributed by atoms with Gasteiger partial charge in [0.05, 0.1) is 12.2 Å². The van der Waals surface area contributed by atoms with E-state index in [1.54, 1.807) is 19.1 Å². The summed E-state index contributed by atoms with van der Waals surface area (Å²) in [6, 6.07) is 5.32. The summed E-state index contributed by atoms with van der Waals surface area (Å²) >= 11 is 0. The molecule has 0 aliphatic rings. The molecule has 0 unspecified atom stereocenters. The third-order valence-electron chi connectivity index (χ3n) is 1.92. The van der Waals surface area contributed by atoms with Gasteiger partial charge in [-0.1, -0.05) is 0 Å². The Balaban J connectivity index is 3.40. The number of allylic oxidation sites excluding steroid dienone is 1. The SMILES string of the molecule is CCOc1ccc(F)c(F)c1C=C(C#N)C#N. The molecule has 5 heteroatoms. The Kier molecular flexibility index (Phi) is 4.19. The van der Waals surface area contributed by atoms with E-state index in [1.165, 1.54) is 6.07 Å². The summed E-state index contributed by atoms with van der Waals surface area (Å²) in [5.74, 6) is -2.11. The van der Waals surface area contributed by atoms with Crippen LogP contribution >= 0.6 is 0 Å². The molecular formula is C12H8F2N2O. The van der Waals surface area contributed by atoms with Crippen molar-refractivity contribution >= 4 is 6.08 Å². The van der Waals surface area contributed by atoms with E-state index in [2.05, 4.69) is 0 Å². The fraction of sp³-hybridized carbons (Fsp3) is 0.167. The molecule has 0 atom stereocenters. The maximum Gasteiger partial charge on any atom is 0.169 e. The van der Waals surface area contributed by atoms with Gasteiger partial charge in [0.25, 0.3) is 0 Å². The first-order chi connectivity index (χ1) is 8.13. The van der Waals surface area contributed by atoms with Crippen LogP contribution in [0.1, 0.15) is 12.5 Å². The molecule has 86 valence electrons. The Bertz CT molecular complexity index is 523. The molecular weight excluding hydrogens is 226 g/mol. The predicted molar refractivity (Wildman–Crippen MR) is 56.7 cm³/mol. The maximum atomic E-state index is 13.5. The Labute approximate surface area is 97.2 Å². The third kappa shape index (κ3) is 2.79. The number of ether oxygens (including phenoxy) is 1. The fourth-order valence-electron chi connectivity index (χ4n) is 1.20. The molecule has 0 aliphatic heterocycles. The van der Waals surface area contributed by atoms with Crippen LogP contribution in [0.4, 0.5) is 8.78 Å². The number of halogens is 2. The summed E-state index contributed by atoms with van der Waals surface area (Å²) in [4.78, 5) is 0. The molecule has 1 aromatic rings. The molecule has 17 heavy (non-hydrogen) atoms. The van der Waals surface area contributed by atoms with Gasteiger partial charge < -0.3 is 4.74 Å². The zero-order valence-corrected chi connectivity index (χ0v) is 9.00. The molecule has 0 fully saturated rings. The van der Waals surface area contributed by atoms with Crippen molar-refractivity contribution in [3.8, 4) is 17.9 Å². The molecule has 0 aliphatic carbocycles. The highest BCUT2D eigenvalue weighted by atomic mass is 19.2. The number of nitrogens with zero attached hydrogens (tertiary/aromatic N) is 2.